The molecule has 4 nitrogen and oxygen atoms in total. The summed E-state index contributed by atoms with van der Waals surface area (Å²) in [7, 11) is 0. The topological polar surface area (TPSA) is 42.7 Å². The molecule has 0 N–H and O–H groups in total. The van der Waals surface area contributed by atoms with Crippen molar-refractivity contribution in [2.45, 2.75) is 122 Å². The van der Waals surface area contributed by atoms with Crippen molar-refractivity contribution in [1.29, 1.82) is 0 Å². The van der Waals surface area contributed by atoms with Crippen LogP contribution in [0.25, 0.3) is 133 Å². The number of furan rings is 3. The molecule has 0 fully saturated rings. The summed E-state index contributed by atoms with van der Waals surface area (Å²) in [5.41, 5.74) is 37.0. The molecular formula is C91H73NO3. The van der Waals surface area contributed by atoms with Gasteiger partial charge in [-0.15, -0.1) is 0 Å². The molecule has 0 aliphatic heterocycles. The molecule has 0 spiro atoms. The van der Waals surface area contributed by atoms with Gasteiger partial charge < -0.3 is 18.2 Å². The third kappa shape index (κ3) is 6.73. The zero-order valence-corrected chi connectivity index (χ0v) is 56.3. The fourth-order valence-corrected chi connectivity index (χ4v) is 19.6. The quantitative estimate of drug-likeness (QED) is 0.176. The lowest BCUT2D eigenvalue weighted by Crippen LogP contribution is -2.24. The number of hydrogen-bond donors (Lipinski definition) is 0. The summed E-state index contributed by atoms with van der Waals surface area (Å²) in [5, 5.41) is 7.06. The van der Waals surface area contributed by atoms with Gasteiger partial charge in [-0.1, -0.05) is 236 Å². The maximum absolute atomic E-state index is 7.15. The summed E-state index contributed by atoms with van der Waals surface area (Å²) >= 11 is 0. The van der Waals surface area contributed by atoms with Crippen LogP contribution in [0.1, 0.15) is 151 Å². The Balaban J connectivity index is 0.839. The molecule has 5 aliphatic rings. The van der Waals surface area contributed by atoms with E-state index in [0.717, 1.165) is 72.3 Å². The SMILES string of the molecule is CC(C)(C)c1ccccc1-c1cc2c(c3c1oc1ccccc13)-c1ccc(N(c3ccc4c(c3)C(C)(C)c3c5c(c6oc7ccccc7c6c3-4)-c3ccccc3C5(C)C)c3ccc4c(c3)C(C)(C)c3c5c(c6oc7ccccc7c6c3-4)-c3ccccc3C5(C)C)cc1C2(C)C. The molecule has 20 rings (SSSR count). The predicted octanol–water partition coefficient (Wildman–Crippen LogP) is 25.4. The molecule has 3 heterocycles. The van der Waals surface area contributed by atoms with Gasteiger partial charge in [-0.3, -0.25) is 0 Å². The molecule has 0 saturated heterocycles. The van der Waals surface area contributed by atoms with E-state index in [1.165, 1.54) is 139 Å². The second-order valence-corrected chi connectivity index (χ2v) is 31.8. The van der Waals surface area contributed by atoms with Crippen LogP contribution in [0.15, 0.2) is 220 Å². The van der Waals surface area contributed by atoms with Gasteiger partial charge in [0.2, 0.25) is 0 Å². The van der Waals surface area contributed by atoms with E-state index in [-0.39, 0.29) is 16.2 Å². The van der Waals surface area contributed by atoms with Crippen LogP contribution in [-0.4, -0.2) is 0 Å². The molecule has 0 unspecified atom stereocenters. The Hall–Kier alpha value is -10.2. The van der Waals surface area contributed by atoms with Crippen molar-refractivity contribution in [3.63, 3.8) is 0 Å². The van der Waals surface area contributed by atoms with Crippen molar-refractivity contribution >= 4 is 82.9 Å². The smallest absolute Gasteiger partial charge is 0.144 e. The van der Waals surface area contributed by atoms with Crippen molar-refractivity contribution in [3.05, 3.63) is 267 Å². The summed E-state index contributed by atoms with van der Waals surface area (Å²) in [5.74, 6) is 0. The van der Waals surface area contributed by atoms with Crippen LogP contribution in [0.3, 0.4) is 0 Å². The number of anilines is 3. The van der Waals surface area contributed by atoms with E-state index in [1.54, 1.807) is 0 Å². The summed E-state index contributed by atoms with van der Waals surface area (Å²) in [6, 6.07) is 77.8. The average Bonchev–Trinajstić information content (AvgIpc) is 1.52. The van der Waals surface area contributed by atoms with Gasteiger partial charge in [0.15, 0.2) is 0 Å². The van der Waals surface area contributed by atoms with Crippen LogP contribution in [0.2, 0.25) is 0 Å². The Bertz CT molecular complexity index is 5800. The van der Waals surface area contributed by atoms with Crippen molar-refractivity contribution in [2.75, 3.05) is 4.90 Å². The van der Waals surface area contributed by atoms with E-state index < -0.39 is 16.2 Å². The lowest BCUT2D eigenvalue weighted by Gasteiger charge is -2.33. The van der Waals surface area contributed by atoms with Gasteiger partial charge in [0.25, 0.3) is 0 Å². The first kappa shape index (κ1) is 55.3. The van der Waals surface area contributed by atoms with Gasteiger partial charge in [0, 0.05) is 93.1 Å². The highest BCUT2D eigenvalue weighted by Gasteiger charge is 2.51. The number of benzene rings is 12. The van der Waals surface area contributed by atoms with E-state index >= 15 is 0 Å². The van der Waals surface area contributed by atoms with Crippen LogP contribution in [0.5, 0.6) is 0 Å². The van der Waals surface area contributed by atoms with Crippen LogP contribution >= 0.6 is 0 Å². The van der Waals surface area contributed by atoms with E-state index in [9.17, 15) is 0 Å². The molecule has 4 heteroatoms. The molecule has 95 heavy (non-hydrogen) atoms. The molecule has 0 amide bonds. The van der Waals surface area contributed by atoms with Crippen molar-refractivity contribution < 1.29 is 13.3 Å². The Morgan fingerprint density at radius 1 is 0.274 bits per heavy atom. The van der Waals surface area contributed by atoms with Gasteiger partial charge in [-0.05, 0) is 177 Å². The minimum absolute atomic E-state index is 0.0966. The Labute approximate surface area is 554 Å². The number of rotatable bonds is 4. The van der Waals surface area contributed by atoms with Gasteiger partial charge in [-0.25, -0.2) is 0 Å². The van der Waals surface area contributed by atoms with Crippen molar-refractivity contribution in [1.82, 2.24) is 0 Å². The summed E-state index contributed by atoms with van der Waals surface area (Å²) in [6.45, 7) is 31.5. The van der Waals surface area contributed by atoms with E-state index in [0.29, 0.717) is 0 Å². The van der Waals surface area contributed by atoms with Gasteiger partial charge in [0.1, 0.15) is 33.5 Å². The number of para-hydroxylation sites is 3. The second-order valence-electron chi connectivity index (χ2n) is 31.8. The van der Waals surface area contributed by atoms with Gasteiger partial charge in [-0.2, -0.15) is 0 Å². The van der Waals surface area contributed by atoms with Gasteiger partial charge in [0.05, 0.1) is 0 Å². The first-order chi connectivity index (χ1) is 45.6. The minimum Gasteiger partial charge on any atom is -0.455 e. The number of hydrogen-bond acceptors (Lipinski definition) is 4. The van der Waals surface area contributed by atoms with E-state index in [2.05, 4.69) is 301 Å². The highest BCUT2D eigenvalue weighted by Crippen LogP contribution is 2.67. The summed E-state index contributed by atoms with van der Waals surface area (Å²) < 4.78 is 21.4. The third-order valence-electron chi connectivity index (χ3n) is 23.8. The fraction of sp³-hybridized carbons (Fsp3) is 0.209. The zero-order valence-electron chi connectivity index (χ0n) is 56.3. The van der Waals surface area contributed by atoms with Crippen LogP contribution in [-0.2, 0) is 32.5 Å². The maximum atomic E-state index is 7.15. The molecule has 15 aromatic rings. The van der Waals surface area contributed by atoms with E-state index in [1.807, 2.05) is 0 Å². The Morgan fingerprint density at radius 3 is 1.06 bits per heavy atom. The standard InChI is InChI=1S/C91H73NO3/c1-86(2,3)61-32-20-14-26-51(61)60-47-67-71(74-57-29-17-23-35-68(57)93-83(60)74)54-41-38-48(44-64(54)87(67,4)5)92(49-39-42-55-65(45-49)90(10,11)79-72(55)75-58-30-18-24-36-69(58)94-84(75)77-52-27-15-21-33-62(52)88(6,7)81(77)79)50-40-43-56-66(46-50)91(12,13)80-73(56)76-59-31-19-25-37-70(59)95-85(76)78-53-28-16-22-34-63(53)89(8,9)82(78)80/h14-47H,1-13H3. The Kier molecular flexibility index (Phi) is 10.4. The highest BCUT2D eigenvalue weighted by molar-refractivity contribution is 6.23. The van der Waals surface area contributed by atoms with E-state index in [4.69, 9.17) is 13.3 Å². The van der Waals surface area contributed by atoms with Crippen LogP contribution in [0, 0.1) is 0 Å². The second kappa shape index (κ2) is 17.8. The predicted molar refractivity (Wildman–Crippen MR) is 395 cm³/mol. The third-order valence-corrected chi connectivity index (χ3v) is 23.8. The normalized spacial score (nSPS) is 16.5. The number of nitrogens with zero attached hydrogens (tertiary/aromatic N) is 1. The fourth-order valence-electron chi connectivity index (χ4n) is 19.6. The monoisotopic (exact) mass is 1230 g/mol. The molecule has 0 saturated carbocycles. The first-order valence-electron chi connectivity index (χ1n) is 34.2. The molecule has 12 aromatic carbocycles. The molecule has 0 atom stereocenters. The molecule has 0 bridgehead atoms. The minimum atomic E-state index is -0.406. The molecule has 3 aromatic heterocycles. The average molecular weight is 1230 g/mol. The van der Waals surface area contributed by atoms with Crippen LogP contribution < -0.4 is 4.90 Å². The van der Waals surface area contributed by atoms with Crippen molar-refractivity contribution in [2.24, 2.45) is 0 Å². The highest BCUT2D eigenvalue weighted by atomic mass is 16.3. The lowest BCUT2D eigenvalue weighted by atomic mass is 9.72. The first-order valence-corrected chi connectivity index (χ1v) is 34.2. The summed E-state index contributed by atoms with van der Waals surface area (Å²) in [4.78, 5) is 2.59. The zero-order chi connectivity index (χ0) is 64.7. The van der Waals surface area contributed by atoms with Crippen LogP contribution in [0.4, 0.5) is 17.1 Å². The Morgan fingerprint density at radius 2 is 0.611 bits per heavy atom. The largest absolute Gasteiger partial charge is 0.455 e. The lowest BCUT2D eigenvalue weighted by molar-refractivity contribution is 0.591. The molecule has 0 radical (unpaired) electrons. The maximum Gasteiger partial charge on any atom is 0.144 e. The van der Waals surface area contributed by atoms with Crippen molar-refractivity contribution in [3.8, 4) is 66.8 Å². The molecule has 5 aliphatic carbocycles. The number of fused-ring (bicyclic) bond motifs is 31. The molecular weight excluding hydrogens is 1160 g/mol. The van der Waals surface area contributed by atoms with Gasteiger partial charge >= 0.3 is 0 Å². The molecule has 460 valence electrons. The summed E-state index contributed by atoms with van der Waals surface area (Å²) in [6.07, 6.45) is 0.